The molecule has 126 valence electrons. The van der Waals surface area contributed by atoms with Crippen LogP contribution in [0.15, 0.2) is 22.8 Å². The number of aliphatic imine (C=N–C) groups is 1. The van der Waals surface area contributed by atoms with E-state index in [1.54, 1.807) is 17.9 Å². The summed E-state index contributed by atoms with van der Waals surface area (Å²) in [7, 11) is 3.46. The van der Waals surface area contributed by atoms with Crippen molar-refractivity contribution in [2.24, 2.45) is 12.0 Å². The van der Waals surface area contributed by atoms with Crippen molar-refractivity contribution in [1.82, 2.24) is 25.4 Å². The van der Waals surface area contributed by atoms with Gasteiger partial charge in [0.25, 0.3) is 0 Å². The van der Waals surface area contributed by atoms with E-state index in [9.17, 15) is 13.2 Å². The first-order valence-electron chi connectivity index (χ1n) is 6.82. The maximum absolute atomic E-state index is 12.5. The summed E-state index contributed by atoms with van der Waals surface area (Å²) in [6, 6.07) is 0. The van der Waals surface area contributed by atoms with E-state index < -0.39 is 11.9 Å². The average molecular weight is 346 g/mol. The van der Waals surface area contributed by atoms with Gasteiger partial charge in [-0.3, -0.25) is 9.67 Å². The fourth-order valence-electron chi connectivity index (χ4n) is 1.81. The number of thiazole rings is 1. The molecule has 2 N–H and O–H groups in total. The highest BCUT2D eigenvalue weighted by Crippen LogP contribution is 2.29. The molecule has 0 aliphatic heterocycles. The van der Waals surface area contributed by atoms with Crippen LogP contribution in [0.5, 0.6) is 0 Å². The second-order valence-corrected chi connectivity index (χ2v) is 5.69. The lowest BCUT2D eigenvalue weighted by Gasteiger charge is -2.10. The predicted molar refractivity (Wildman–Crippen MR) is 82.2 cm³/mol. The van der Waals surface area contributed by atoms with Crippen LogP contribution in [0.3, 0.4) is 0 Å². The molecule has 2 heterocycles. The molecule has 0 radical (unpaired) electrons. The van der Waals surface area contributed by atoms with Crippen LogP contribution in [0.1, 0.15) is 16.3 Å². The molecule has 0 bridgehead atoms. The van der Waals surface area contributed by atoms with E-state index in [0.717, 1.165) is 22.3 Å². The van der Waals surface area contributed by atoms with Crippen molar-refractivity contribution in [3.63, 3.8) is 0 Å². The van der Waals surface area contributed by atoms with Crippen LogP contribution >= 0.6 is 11.3 Å². The van der Waals surface area contributed by atoms with E-state index in [4.69, 9.17) is 0 Å². The summed E-state index contributed by atoms with van der Waals surface area (Å²) < 4.78 is 39.1. The quantitative estimate of drug-likeness (QED) is 0.640. The van der Waals surface area contributed by atoms with Crippen LogP contribution in [0, 0.1) is 0 Å². The molecule has 10 heteroatoms. The number of aryl methyl sites for hydroxylation is 1. The zero-order valence-electron chi connectivity index (χ0n) is 12.7. The summed E-state index contributed by atoms with van der Waals surface area (Å²) in [4.78, 5) is 7.64. The first kappa shape index (κ1) is 17.3. The van der Waals surface area contributed by atoms with Gasteiger partial charge in [-0.05, 0) is 0 Å². The molecule has 23 heavy (non-hydrogen) atoms. The lowest BCUT2D eigenvalue weighted by atomic mass is 10.3. The molecule has 0 aliphatic rings. The second kappa shape index (κ2) is 7.44. The Morgan fingerprint density at radius 1 is 1.39 bits per heavy atom. The monoisotopic (exact) mass is 346 g/mol. The van der Waals surface area contributed by atoms with Gasteiger partial charge in [0, 0.05) is 50.7 Å². The molecule has 0 aliphatic carbocycles. The number of guanidine groups is 1. The van der Waals surface area contributed by atoms with Gasteiger partial charge in [-0.25, -0.2) is 4.98 Å². The average Bonchev–Trinajstić information content (AvgIpc) is 3.11. The number of rotatable bonds is 5. The van der Waals surface area contributed by atoms with Gasteiger partial charge in [-0.15, -0.1) is 11.3 Å². The molecule has 0 unspecified atom stereocenters. The summed E-state index contributed by atoms with van der Waals surface area (Å²) in [5.41, 5.74) is 0.168. The minimum Gasteiger partial charge on any atom is -0.356 e. The summed E-state index contributed by atoms with van der Waals surface area (Å²) in [6.45, 7) is 1.00. The minimum atomic E-state index is -4.39. The minimum absolute atomic E-state index is 0.397. The molecule has 0 saturated heterocycles. The fourth-order valence-corrected chi connectivity index (χ4v) is 2.62. The predicted octanol–water partition coefficient (Wildman–Crippen LogP) is 1.80. The number of alkyl halides is 3. The van der Waals surface area contributed by atoms with Crippen molar-refractivity contribution < 1.29 is 13.2 Å². The highest BCUT2D eigenvalue weighted by Gasteiger charge is 2.33. The molecule has 0 spiro atoms. The molecular formula is C13H17F3N6S. The van der Waals surface area contributed by atoms with E-state index in [0.29, 0.717) is 30.5 Å². The fraction of sp³-hybridized carbons (Fsp3) is 0.462. The summed E-state index contributed by atoms with van der Waals surface area (Å²) in [5, 5.41) is 11.7. The SMILES string of the molecule is CN=C(NCCc1nc(C(F)(F)F)cs1)NCc1cnn(C)c1. The van der Waals surface area contributed by atoms with E-state index in [-0.39, 0.29) is 0 Å². The lowest BCUT2D eigenvalue weighted by molar-refractivity contribution is -0.140. The van der Waals surface area contributed by atoms with Gasteiger partial charge in [-0.2, -0.15) is 18.3 Å². The van der Waals surface area contributed by atoms with Crippen molar-refractivity contribution in [3.8, 4) is 0 Å². The third kappa shape index (κ3) is 5.23. The number of hydrogen-bond donors (Lipinski definition) is 2. The normalized spacial score (nSPS) is 12.5. The summed E-state index contributed by atoms with van der Waals surface area (Å²) in [6.07, 6.45) is -0.360. The standard InChI is InChI=1S/C13H17F3N6S/c1-17-12(19-5-9-6-20-22(2)7-9)18-4-3-11-21-10(8-23-11)13(14,15)16/h6-8H,3-5H2,1-2H3,(H2,17,18,19). The van der Waals surface area contributed by atoms with Gasteiger partial charge in [0.05, 0.1) is 11.2 Å². The Kier molecular flexibility index (Phi) is 5.59. The van der Waals surface area contributed by atoms with Gasteiger partial charge in [0.15, 0.2) is 11.7 Å². The Labute approximate surface area is 135 Å². The van der Waals surface area contributed by atoms with Gasteiger partial charge in [0.1, 0.15) is 0 Å². The highest BCUT2D eigenvalue weighted by atomic mass is 32.1. The molecule has 2 aromatic heterocycles. The van der Waals surface area contributed by atoms with Gasteiger partial charge in [0.2, 0.25) is 0 Å². The first-order valence-corrected chi connectivity index (χ1v) is 7.70. The molecule has 0 aromatic carbocycles. The number of nitrogens with one attached hydrogen (secondary N) is 2. The molecule has 0 saturated carbocycles. The topological polar surface area (TPSA) is 67.1 Å². The smallest absolute Gasteiger partial charge is 0.356 e. The number of nitrogens with zero attached hydrogens (tertiary/aromatic N) is 4. The van der Waals surface area contributed by atoms with Gasteiger partial charge >= 0.3 is 6.18 Å². The van der Waals surface area contributed by atoms with Crippen LogP contribution in [-0.2, 0) is 26.2 Å². The van der Waals surface area contributed by atoms with Crippen molar-refractivity contribution in [1.29, 1.82) is 0 Å². The molecular weight excluding hydrogens is 329 g/mol. The lowest BCUT2D eigenvalue weighted by Crippen LogP contribution is -2.37. The third-order valence-electron chi connectivity index (χ3n) is 2.92. The molecule has 2 aromatic rings. The van der Waals surface area contributed by atoms with Crippen molar-refractivity contribution >= 4 is 17.3 Å². The Morgan fingerprint density at radius 3 is 2.74 bits per heavy atom. The summed E-state index contributed by atoms with van der Waals surface area (Å²) in [5.74, 6) is 0.571. The molecule has 6 nitrogen and oxygen atoms in total. The van der Waals surface area contributed by atoms with Crippen LogP contribution in [0.4, 0.5) is 13.2 Å². The van der Waals surface area contributed by atoms with Gasteiger partial charge < -0.3 is 10.6 Å². The zero-order chi connectivity index (χ0) is 16.9. The van der Waals surface area contributed by atoms with E-state index in [1.807, 2.05) is 13.2 Å². The molecule has 0 atom stereocenters. The number of halogens is 3. The van der Waals surface area contributed by atoms with Crippen molar-refractivity contribution in [2.45, 2.75) is 19.1 Å². The van der Waals surface area contributed by atoms with Crippen LogP contribution in [0.2, 0.25) is 0 Å². The first-order chi connectivity index (χ1) is 10.9. The Balaban J connectivity index is 1.76. The maximum atomic E-state index is 12.5. The molecule has 0 amide bonds. The Hall–Kier alpha value is -2.10. The number of hydrogen-bond acceptors (Lipinski definition) is 4. The van der Waals surface area contributed by atoms with Crippen molar-refractivity contribution in [3.05, 3.63) is 34.0 Å². The summed E-state index contributed by atoms with van der Waals surface area (Å²) >= 11 is 1.01. The van der Waals surface area contributed by atoms with E-state index in [1.165, 1.54) is 0 Å². The van der Waals surface area contributed by atoms with Crippen LogP contribution < -0.4 is 10.6 Å². The molecule has 2 rings (SSSR count). The zero-order valence-corrected chi connectivity index (χ0v) is 13.5. The number of aromatic nitrogens is 3. The molecule has 0 fully saturated rings. The van der Waals surface area contributed by atoms with Crippen LogP contribution in [-0.4, -0.2) is 34.3 Å². The third-order valence-corrected chi connectivity index (χ3v) is 3.82. The Bertz CT molecular complexity index is 661. The van der Waals surface area contributed by atoms with E-state index in [2.05, 4.69) is 25.7 Å². The van der Waals surface area contributed by atoms with Crippen LogP contribution in [0.25, 0.3) is 0 Å². The Morgan fingerprint density at radius 2 is 2.17 bits per heavy atom. The van der Waals surface area contributed by atoms with Gasteiger partial charge in [-0.1, -0.05) is 0 Å². The largest absolute Gasteiger partial charge is 0.434 e. The van der Waals surface area contributed by atoms with E-state index >= 15 is 0 Å². The van der Waals surface area contributed by atoms with Crippen molar-refractivity contribution in [2.75, 3.05) is 13.6 Å². The highest BCUT2D eigenvalue weighted by molar-refractivity contribution is 7.09. The second-order valence-electron chi connectivity index (χ2n) is 4.75. The maximum Gasteiger partial charge on any atom is 0.434 e.